The number of urea groups is 1. The van der Waals surface area contributed by atoms with Crippen LogP contribution in [0.5, 0.6) is 5.75 Å². The maximum atomic E-state index is 12.2. The van der Waals surface area contributed by atoms with Gasteiger partial charge in [0, 0.05) is 43.7 Å². The molecule has 0 unspecified atom stereocenters. The first kappa shape index (κ1) is 15.7. The van der Waals surface area contributed by atoms with Crippen LogP contribution in [-0.2, 0) is 6.54 Å². The van der Waals surface area contributed by atoms with Crippen molar-refractivity contribution >= 4 is 17.4 Å². The molecule has 0 aliphatic carbocycles. The van der Waals surface area contributed by atoms with E-state index in [2.05, 4.69) is 15.3 Å². The molecule has 0 radical (unpaired) electrons. The highest BCUT2D eigenvalue weighted by Gasteiger charge is 2.23. The number of thiazole rings is 1. The summed E-state index contributed by atoms with van der Waals surface area (Å²) in [6, 6.07) is 3.68. The molecule has 0 bridgehead atoms. The van der Waals surface area contributed by atoms with Crippen molar-refractivity contribution in [2.24, 2.45) is 0 Å². The second-order valence-corrected chi connectivity index (χ2v) is 6.57. The summed E-state index contributed by atoms with van der Waals surface area (Å²) < 4.78 is 5.91. The predicted octanol–water partition coefficient (Wildman–Crippen LogP) is 2.60. The molecule has 23 heavy (non-hydrogen) atoms. The van der Waals surface area contributed by atoms with Gasteiger partial charge < -0.3 is 15.0 Å². The molecule has 1 aliphatic heterocycles. The van der Waals surface area contributed by atoms with Gasteiger partial charge in [0.2, 0.25) is 0 Å². The zero-order valence-corrected chi connectivity index (χ0v) is 13.9. The number of carbonyl (C=O) groups is 1. The molecule has 2 amide bonds. The topological polar surface area (TPSA) is 67.4 Å². The minimum Gasteiger partial charge on any atom is -0.490 e. The highest BCUT2D eigenvalue weighted by atomic mass is 32.1. The lowest BCUT2D eigenvalue weighted by atomic mass is 10.1. The van der Waals surface area contributed by atoms with Crippen LogP contribution in [0.1, 0.15) is 23.5 Å². The lowest BCUT2D eigenvalue weighted by molar-refractivity contribution is 0.111. The normalized spacial score (nSPS) is 15.4. The van der Waals surface area contributed by atoms with Gasteiger partial charge in [-0.05, 0) is 19.1 Å². The quantitative estimate of drug-likeness (QED) is 0.934. The fraction of sp³-hybridized carbons (Fsp3) is 0.438. The second-order valence-electron chi connectivity index (χ2n) is 5.50. The molecule has 0 atom stereocenters. The second kappa shape index (κ2) is 7.41. The van der Waals surface area contributed by atoms with Gasteiger partial charge >= 0.3 is 6.03 Å². The van der Waals surface area contributed by atoms with E-state index >= 15 is 0 Å². The highest BCUT2D eigenvalue weighted by molar-refractivity contribution is 7.09. The standard InChI is InChI=1S/C16H20N4O2S/c1-12-19-13(11-23-12)10-18-16(21)20-8-4-15(5-9-20)22-14-2-6-17-7-3-14/h2-3,6-7,11,15H,4-5,8-10H2,1H3,(H,18,21). The first-order valence-electron chi connectivity index (χ1n) is 7.71. The van der Waals surface area contributed by atoms with E-state index in [0.29, 0.717) is 19.6 Å². The van der Waals surface area contributed by atoms with Crippen LogP contribution in [0.2, 0.25) is 0 Å². The number of likely N-dealkylation sites (tertiary alicyclic amines) is 1. The van der Waals surface area contributed by atoms with E-state index in [1.807, 2.05) is 29.3 Å². The summed E-state index contributed by atoms with van der Waals surface area (Å²) in [7, 11) is 0. The number of pyridine rings is 1. The Hall–Kier alpha value is -2.15. The summed E-state index contributed by atoms with van der Waals surface area (Å²) in [4.78, 5) is 22.3. The number of amides is 2. The van der Waals surface area contributed by atoms with E-state index in [0.717, 1.165) is 29.3 Å². The van der Waals surface area contributed by atoms with E-state index < -0.39 is 0 Å². The molecule has 6 nitrogen and oxygen atoms in total. The summed E-state index contributed by atoms with van der Waals surface area (Å²) >= 11 is 1.60. The summed E-state index contributed by atoms with van der Waals surface area (Å²) in [6.45, 7) is 3.86. The van der Waals surface area contributed by atoms with Crippen molar-refractivity contribution in [1.29, 1.82) is 0 Å². The largest absolute Gasteiger partial charge is 0.490 e. The highest BCUT2D eigenvalue weighted by Crippen LogP contribution is 2.18. The van der Waals surface area contributed by atoms with Crippen LogP contribution < -0.4 is 10.1 Å². The third kappa shape index (κ3) is 4.41. The number of hydrogen-bond donors (Lipinski definition) is 1. The van der Waals surface area contributed by atoms with Crippen LogP contribution in [0.4, 0.5) is 4.79 Å². The van der Waals surface area contributed by atoms with Crippen molar-refractivity contribution in [3.8, 4) is 5.75 Å². The zero-order valence-electron chi connectivity index (χ0n) is 13.1. The number of nitrogens with zero attached hydrogens (tertiary/aromatic N) is 3. The van der Waals surface area contributed by atoms with Gasteiger partial charge in [-0.2, -0.15) is 0 Å². The Kier molecular flexibility index (Phi) is 5.07. The Bertz CT molecular complexity index is 639. The number of nitrogens with one attached hydrogen (secondary N) is 1. The van der Waals surface area contributed by atoms with E-state index in [4.69, 9.17) is 4.74 Å². The van der Waals surface area contributed by atoms with Gasteiger partial charge in [0.1, 0.15) is 11.9 Å². The molecule has 122 valence electrons. The van der Waals surface area contributed by atoms with Gasteiger partial charge in [0.15, 0.2) is 0 Å². The Balaban J connectivity index is 1.42. The summed E-state index contributed by atoms with van der Waals surface area (Å²) in [5.74, 6) is 0.835. The third-order valence-electron chi connectivity index (χ3n) is 3.77. The number of aromatic nitrogens is 2. The Morgan fingerprint density at radius 2 is 2.13 bits per heavy atom. The molecule has 0 aromatic carbocycles. The zero-order chi connectivity index (χ0) is 16.1. The minimum atomic E-state index is -0.0296. The molecule has 1 N–H and O–H groups in total. The van der Waals surface area contributed by atoms with Crippen molar-refractivity contribution in [3.63, 3.8) is 0 Å². The number of hydrogen-bond acceptors (Lipinski definition) is 5. The summed E-state index contributed by atoms with van der Waals surface area (Å²) in [5.41, 5.74) is 0.914. The van der Waals surface area contributed by atoms with Crippen molar-refractivity contribution in [2.45, 2.75) is 32.4 Å². The van der Waals surface area contributed by atoms with Crippen LogP contribution in [0.25, 0.3) is 0 Å². The van der Waals surface area contributed by atoms with Crippen LogP contribution in [0.15, 0.2) is 29.9 Å². The number of ether oxygens (including phenoxy) is 1. The predicted molar refractivity (Wildman–Crippen MR) is 88.5 cm³/mol. The smallest absolute Gasteiger partial charge is 0.317 e. The first-order chi connectivity index (χ1) is 11.2. The van der Waals surface area contributed by atoms with Crippen LogP contribution in [0.3, 0.4) is 0 Å². The van der Waals surface area contributed by atoms with E-state index in [-0.39, 0.29) is 12.1 Å². The molecule has 3 rings (SSSR count). The molecule has 1 aliphatic rings. The maximum Gasteiger partial charge on any atom is 0.317 e. The Labute approximate surface area is 139 Å². The molecule has 1 saturated heterocycles. The lowest BCUT2D eigenvalue weighted by Crippen LogP contribution is -2.46. The van der Waals surface area contributed by atoms with Crippen molar-refractivity contribution < 1.29 is 9.53 Å². The van der Waals surface area contributed by atoms with Gasteiger partial charge in [-0.1, -0.05) is 0 Å². The molecule has 2 aromatic rings. The van der Waals surface area contributed by atoms with Crippen molar-refractivity contribution in [2.75, 3.05) is 13.1 Å². The van der Waals surface area contributed by atoms with Crippen LogP contribution in [-0.4, -0.2) is 40.1 Å². The van der Waals surface area contributed by atoms with Crippen molar-refractivity contribution in [3.05, 3.63) is 40.6 Å². The molecule has 7 heteroatoms. The number of aryl methyl sites for hydroxylation is 1. The van der Waals surface area contributed by atoms with Gasteiger partial charge in [0.25, 0.3) is 0 Å². The van der Waals surface area contributed by atoms with E-state index in [1.54, 1.807) is 23.7 Å². The molecular formula is C16H20N4O2S. The number of rotatable bonds is 4. The Morgan fingerprint density at radius 3 is 2.78 bits per heavy atom. The maximum absolute atomic E-state index is 12.2. The van der Waals surface area contributed by atoms with Gasteiger partial charge in [-0.25, -0.2) is 9.78 Å². The Morgan fingerprint density at radius 1 is 1.39 bits per heavy atom. The minimum absolute atomic E-state index is 0.0296. The van der Waals surface area contributed by atoms with Gasteiger partial charge in [0.05, 0.1) is 17.2 Å². The molecule has 3 heterocycles. The third-order valence-corrected chi connectivity index (χ3v) is 4.59. The lowest BCUT2D eigenvalue weighted by Gasteiger charge is -2.32. The summed E-state index contributed by atoms with van der Waals surface area (Å²) in [6.07, 6.45) is 5.27. The van der Waals surface area contributed by atoms with Crippen molar-refractivity contribution in [1.82, 2.24) is 20.2 Å². The SMILES string of the molecule is Cc1nc(CNC(=O)N2CCC(Oc3ccncc3)CC2)cs1. The fourth-order valence-corrected chi connectivity index (χ4v) is 3.17. The first-order valence-corrected chi connectivity index (χ1v) is 8.59. The molecule has 0 saturated carbocycles. The number of carbonyl (C=O) groups excluding carboxylic acids is 1. The fourth-order valence-electron chi connectivity index (χ4n) is 2.55. The van der Waals surface area contributed by atoms with Gasteiger partial charge in [-0.3, -0.25) is 4.98 Å². The van der Waals surface area contributed by atoms with E-state index in [1.165, 1.54) is 0 Å². The monoisotopic (exact) mass is 332 g/mol. The summed E-state index contributed by atoms with van der Waals surface area (Å²) in [5, 5.41) is 5.92. The average molecular weight is 332 g/mol. The van der Waals surface area contributed by atoms with Crippen LogP contribution >= 0.6 is 11.3 Å². The van der Waals surface area contributed by atoms with Crippen LogP contribution in [0, 0.1) is 6.92 Å². The molecule has 2 aromatic heterocycles. The van der Waals surface area contributed by atoms with Gasteiger partial charge in [-0.15, -0.1) is 11.3 Å². The molecule has 0 spiro atoms. The number of piperidine rings is 1. The molecule has 1 fully saturated rings. The molecular weight excluding hydrogens is 312 g/mol. The van der Waals surface area contributed by atoms with E-state index in [9.17, 15) is 4.79 Å². The average Bonchev–Trinajstić information content (AvgIpc) is 3.00.